The zero-order valence-corrected chi connectivity index (χ0v) is 25.5. The van der Waals surface area contributed by atoms with Crippen molar-refractivity contribution < 1.29 is 14.4 Å². The third kappa shape index (κ3) is 7.61. The van der Waals surface area contributed by atoms with Gasteiger partial charge in [-0.3, -0.25) is 14.4 Å². The smallest absolute Gasteiger partial charge is 0.272 e. The molecular weight excluding hydrogens is 593 g/mol. The summed E-state index contributed by atoms with van der Waals surface area (Å²) in [7, 11) is 0. The highest BCUT2D eigenvalue weighted by Gasteiger charge is 2.23. The Balaban J connectivity index is 1.22. The van der Waals surface area contributed by atoms with Gasteiger partial charge in [-0.15, -0.1) is 11.8 Å². The molecule has 8 heteroatoms. The number of thioether (sulfide) groups is 1. The van der Waals surface area contributed by atoms with E-state index in [0.29, 0.717) is 16.9 Å². The number of benzene rings is 5. The van der Waals surface area contributed by atoms with E-state index in [1.54, 1.807) is 36.4 Å². The first kappa shape index (κ1) is 30.2. The summed E-state index contributed by atoms with van der Waals surface area (Å²) in [5.74, 6) is -1.05. The van der Waals surface area contributed by atoms with E-state index in [4.69, 9.17) is 0 Å². The first-order valence-corrected chi connectivity index (χ1v) is 15.5. The minimum absolute atomic E-state index is 0.0960. The molecule has 0 bridgehead atoms. The van der Waals surface area contributed by atoms with Crippen LogP contribution in [0.15, 0.2) is 156 Å². The van der Waals surface area contributed by atoms with Gasteiger partial charge in [-0.05, 0) is 71.1 Å². The zero-order chi connectivity index (χ0) is 31.7. The Kier molecular flexibility index (Phi) is 9.37. The van der Waals surface area contributed by atoms with E-state index in [0.717, 1.165) is 26.9 Å². The maximum Gasteiger partial charge on any atom is 0.272 e. The van der Waals surface area contributed by atoms with Crippen LogP contribution in [-0.4, -0.2) is 22.7 Å². The number of rotatable bonds is 10. The summed E-state index contributed by atoms with van der Waals surface area (Å²) in [5.41, 5.74) is 4.29. The number of nitrogens with one attached hydrogen (secondary N) is 4. The molecule has 4 N–H and O–H groups in total. The van der Waals surface area contributed by atoms with E-state index >= 15 is 0 Å². The maximum atomic E-state index is 13.7. The molecule has 3 amide bonds. The summed E-state index contributed by atoms with van der Waals surface area (Å²) in [4.78, 5) is 44.2. The third-order valence-electron chi connectivity index (χ3n) is 7.15. The molecule has 0 aliphatic carbocycles. The van der Waals surface area contributed by atoms with E-state index in [2.05, 4.69) is 20.9 Å². The molecule has 6 rings (SSSR count). The first-order chi connectivity index (χ1) is 22.5. The van der Waals surface area contributed by atoms with Gasteiger partial charge in [-0.25, -0.2) is 0 Å². The fraction of sp³-hybridized carbons (Fsp3) is 0.0263. The summed E-state index contributed by atoms with van der Waals surface area (Å²) >= 11 is 1.38. The molecule has 0 spiro atoms. The second-order valence-electron chi connectivity index (χ2n) is 10.4. The molecule has 0 radical (unpaired) electrons. The van der Waals surface area contributed by atoms with Crippen LogP contribution in [0.3, 0.4) is 0 Å². The lowest BCUT2D eigenvalue weighted by Crippen LogP contribution is -2.30. The fourth-order valence-electron chi connectivity index (χ4n) is 4.87. The number of fused-ring (bicyclic) bond motifs is 1. The predicted molar refractivity (Wildman–Crippen MR) is 185 cm³/mol. The molecule has 226 valence electrons. The van der Waals surface area contributed by atoms with Gasteiger partial charge in [0.1, 0.15) is 10.9 Å². The molecule has 0 fully saturated rings. The fourth-order valence-corrected chi connectivity index (χ4v) is 5.96. The second kappa shape index (κ2) is 14.3. The highest BCUT2D eigenvalue weighted by molar-refractivity contribution is 8.00. The van der Waals surface area contributed by atoms with Crippen molar-refractivity contribution in [3.8, 4) is 0 Å². The van der Waals surface area contributed by atoms with Crippen molar-refractivity contribution >= 4 is 57.8 Å². The standard InChI is InChI=1S/C38H30N4O3S/c43-36(29-15-8-3-9-16-29)42-34(23-26-11-4-1-5-12-26)37(44)40-30-17-10-18-32(24-30)46-35(28-13-6-2-7-14-28)38(45)41-31-20-19-27-21-22-39-33(27)25-31/h1-25,35,39H,(H,40,44)(H,41,45)(H,42,43)/b34-23-. The summed E-state index contributed by atoms with van der Waals surface area (Å²) in [6.45, 7) is 0. The molecule has 46 heavy (non-hydrogen) atoms. The van der Waals surface area contributed by atoms with Gasteiger partial charge in [-0.1, -0.05) is 91.0 Å². The van der Waals surface area contributed by atoms with Gasteiger partial charge in [-0.2, -0.15) is 0 Å². The minimum Gasteiger partial charge on any atom is -0.361 e. The highest BCUT2D eigenvalue weighted by Crippen LogP contribution is 2.37. The molecular formula is C38H30N4O3S. The van der Waals surface area contributed by atoms with E-state index in [1.807, 2.05) is 115 Å². The van der Waals surface area contributed by atoms with Crippen molar-refractivity contribution in [2.75, 3.05) is 10.6 Å². The summed E-state index contributed by atoms with van der Waals surface area (Å²) in [6, 6.07) is 42.6. The lowest BCUT2D eigenvalue weighted by atomic mass is 10.1. The van der Waals surface area contributed by atoms with E-state index in [1.165, 1.54) is 11.8 Å². The Morgan fingerprint density at radius 3 is 2.13 bits per heavy atom. The van der Waals surface area contributed by atoms with Gasteiger partial charge in [0.15, 0.2) is 0 Å². The van der Waals surface area contributed by atoms with Crippen LogP contribution in [0, 0.1) is 0 Å². The van der Waals surface area contributed by atoms with Gasteiger partial charge in [0, 0.05) is 33.5 Å². The molecule has 1 heterocycles. The lowest BCUT2D eigenvalue weighted by Gasteiger charge is -2.18. The van der Waals surface area contributed by atoms with Crippen LogP contribution in [0.2, 0.25) is 0 Å². The van der Waals surface area contributed by atoms with Crippen LogP contribution in [-0.2, 0) is 9.59 Å². The van der Waals surface area contributed by atoms with Gasteiger partial charge in [0.05, 0.1) is 0 Å². The number of aromatic nitrogens is 1. The van der Waals surface area contributed by atoms with Crippen LogP contribution in [0.25, 0.3) is 17.0 Å². The third-order valence-corrected chi connectivity index (χ3v) is 8.40. The average molecular weight is 623 g/mol. The topological polar surface area (TPSA) is 103 Å². The Labute approximate surface area is 270 Å². The monoisotopic (exact) mass is 622 g/mol. The van der Waals surface area contributed by atoms with E-state index in [-0.39, 0.29) is 11.6 Å². The molecule has 6 aromatic rings. The normalized spacial score (nSPS) is 11.9. The van der Waals surface area contributed by atoms with Crippen LogP contribution in [0.4, 0.5) is 11.4 Å². The zero-order valence-electron chi connectivity index (χ0n) is 24.6. The Morgan fingerprint density at radius 1 is 0.674 bits per heavy atom. The number of carbonyl (C=O) groups excluding carboxylic acids is 3. The van der Waals surface area contributed by atoms with Crippen molar-refractivity contribution in [1.82, 2.24) is 10.3 Å². The number of carbonyl (C=O) groups is 3. The van der Waals surface area contributed by atoms with Gasteiger partial charge in [0.2, 0.25) is 5.91 Å². The van der Waals surface area contributed by atoms with Crippen LogP contribution < -0.4 is 16.0 Å². The Bertz CT molecular complexity index is 2010. The molecule has 1 unspecified atom stereocenters. The molecule has 0 aliphatic heterocycles. The molecule has 1 atom stereocenters. The van der Waals surface area contributed by atoms with E-state index < -0.39 is 17.1 Å². The number of H-pyrrole nitrogens is 1. The maximum absolute atomic E-state index is 13.7. The Hall–Kier alpha value is -5.86. The summed E-state index contributed by atoms with van der Waals surface area (Å²) in [5, 5.41) is 9.24. The lowest BCUT2D eigenvalue weighted by molar-refractivity contribution is -0.116. The highest BCUT2D eigenvalue weighted by atomic mass is 32.2. The SMILES string of the molecule is O=C(Nc1cccc(SC(C(=O)Nc2ccc3cc[nH]c3c2)c2ccccc2)c1)/C(=C/c1ccccc1)NC(=O)c1ccccc1. The molecule has 0 aliphatic rings. The number of hydrogen-bond acceptors (Lipinski definition) is 4. The van der Waals surface area contributed by atoms with Crippen molar-refractivity contribution in [2.24, 2.45) is 0 Å². The van der Waals surface area contributed by atoms with Crippen molar-refractivity contribution in [3.63, 3.8) is 0 Å². The van der Waals surface area contributed by atoms with Crippen LogP contribution in [0.5, 0.6) is 0 Å². The average Bonchev–Trinajstić information content (AvgIpc) is 3.56. The quantitative estimate of drug-likeness (QED) is 0.0917. The predicted octanol–water partition coefficient (Wildman–Crippen LogP) is 8.05. The summed E-state index contributed by atoms with van der Waals surface area (Å²) < 4.78 is 0. The van der Waals surface area contributed by atoms with Crippen LogP contribution >= 0.6 is 11.8 Å². The molecule has 0 saturated carbocycles. The number of anilines is 2. The molecule has 0 saturated heterocycles. The molecule has 7 nitrogen and oxygen atoms in total. The molecule has 5 aromatic carbocycles. The first-order valence-electron chi connectivity index (χ1n) is 14.7. The summed E-state index contributed by atoms with van der Waals surface area (Å²) in [6.07, 6.45) is 3.50. The van der Waals surface area contributed by atoms with Crippen molar-refractivity contribution in [2.45, 2.75) is 10.1 Å². The number of amides is 3. The van der Waals surface area contributed by atoms with Gasteiger partial charge >= 0.3 is 0 Å². The minimum atomic E-state index is -0.565. The van der Waals surface area contributed by atoms with Crippen molar-refractivity contribution in [3.05, 3.63) is 168 Å². The largest absolute Gasteiger partial charge is 0.361 e. The van der Waals surface area contributed by atoms with Crippen molar-refractivity contribution in [1.29, 1.82) is 0 Å². The second-order valence-corrected chi connectivity index (χ2v) is 11.6. The Morgan fingerprint density at radius 2 is 1.37 bits per heavy atom. The van der Waals surface area contributed by atoms with E-state index in [9.17, 15) is 14.4 Å². The number of aromatic amines is 1. The van der Waals surface area contributed by atoms with Gasteiger partial charge in [0.25, 0.3) is 11.8 Å². The number of hydrogen-bond donors (Lipinski definition) is 4. The molecule has 1 aromatic heterocycles. The van der Waals surface area contributed by atoms with Crippen LogP contribution in [0.1, 0.15) is 26.7 Å². The van der Waals surface area contributed by atoms with Gasteiger partial charge < -0.3 is 20.9 Å².